The number of methoxy groups -OCH3 is 1. The number of halogens is 1. The number of fused-ring (bicyclic) bond motifs is 1. The van der Waals surface area contributed by atoms with Gasteiger partial charge in [0.2, 0.25) is 5.95 Å². The van der Waals surface area contributed by atoms with E-state index in [4.69, 9.17) is 21.3 Å². The number of amides is 2. The lowest BCUT2D eigenvalue weighted by molar-refractivity contribution is 0.252. The van der Waals surface area contributed by atoms with Crippen LogP contribution in [0.15, 0.2) is 60.9 Å². The maximum atomic E-state index is 14.2. The zero-order valence-corrected chi connectivity index (χ0v) is 25.7. The molecular weight excluding hydrogens is 562 g/mol. The summed E-state index contributed by atoms with van der Waals surface area (Å²) in [6.07, 6.45) is 6.58. The summed E-state index contributed by atoms with van der Waals surface area (Å²) in [7, 11) is 3.77. The number of anilines is 5. The molecule has 4 heterocycles. The second kappa shape index (κ2) is 12.2. The second-order valence-corrected chi connectivity index (χ2v) is 11.6. The molecule has 2 aromatic carbocycles. The highest BCUT2D eigenvalue weighted by molar-refractivity contribution is 6.34. The quantitative estimate of drug-likeness (QED) is 0.240. The van der Waals surface area contributed by atoms with E-state index in [1.54, 1.807) is 42.6 Å². The molecule has 222 valence electrons. The van der Waals surface area contributed by atoms with Crippen molar-refractivity contribution in [1.82, 2.24) is 19.9 Å². The summed E-state index contributed by atoms with van der Waals surface area (Å²) in [6.45, 7) is 6.62. The van der Waals surface area contributed by atoms with E-state index >= 15 is 0 Å². The first-order valence-corrected chi connectivity index (χ1v) is 15.0. The van der Waals surface area contributed by atoms with Crippen molar-refractivity contribution in [2.75, 3.05) is 42.4 Å². The number of carbonyl (C=O) groups is 1. The molecule has 0 bridgehead atoms. The summed E-state index contributed by atoms with van der Waals surface area (Å²) >= 11 is 6.61. The van der Waals surface area contributed by atoms with E-state index in [0.29, 0.717) is 40.0 Å². The Morgan fingerprint density at radius 1 is 1.07 bits per heavy atom. The van der Waals surface area contributed by atoms with E-state index in [0.717, 1.165) is 36.3 Å². The van der Waals surface area contributed by atoms with Gasteiger partial charge in [0.25, 0.3) is 0 Å². The van der Waals surface area contributed by atoms with E-state index in [1.165, 1.54) is 28.9 Å². The third-order valence-corrected chi connectivity index (χ3v) is 8.70. The van der Waals surface area contributed by atoms with Crippen LogP contribution in [-0.4, -0.2) is 53.1 Å². The van der Waals surface area contributed by atoms with Gasteiger partial charge in [0.05, 0.1) is 30.6 Å². The maximum absolute atomic E-state index is 14.2. The topological polar surface area (TPSA) is 86.7 Å². The molecule has 6 rings (SSSR count). The lowest BCUT2D eigenvalue weighted by Gasteiger charge is -2.36. The number of hydrogen-bond acceptors (Lipinski definition) is 7. The monoisotopic (exact) mass is 597 g/mol. The molecule has 2 amide bonds. The number of aryl methyl sites for hydroxylation is 2. The normalized spacial score (nSPS) is 15.9. The molecule has 0 atom stereocenters. The third kappa shape index (κ3) is 5.75. The molecular formula is C33H36ClN7O2. The van der Waals surface area contributed by atoms with Gasteiger partial charge in [-0.1, -0.05) is 42.8 Å². The predicted molar refractivity (Wildman–Crippen MR) is 171 cm³/mol. The van der Waals surface area contributed by atoms with Gasteiger partial charge < -0.3 is 15.0 Å². The lowest BCUT2D eigenvalue weighted by atomic mass is 9.88. The average molecular weight is 598 g/mol. The largest absolute Gasteiger partial charge is 0.495 e. The molecule has 1 N–H and O–H groups in total. The van der Waals surface area contributed by atoms with E-state index in [9.17, 15) is 4.79 Å². The highest BCUT2D eigenvalue weighted by Gasteiger charge is 2.36. The number of aromatic nitrogens is 3. The molecule has 0 radical (unpaired) electrons. The Morgan fingerprint density at radius 2 is 1.88 bits per heavy atom. The fourth-order valence-electron chi connectivity index (χ4n) is 5.93. The standard InChI is InChI=1S/C33H36ClN7O2/c1-5-22-17-24(23-13-15-39(3)16-14-23)9-11-28(22)37-32-36-18-25-20-40(30-21(2)7-6-8-27(30)34)33(42)41(31(25)38-32)29-12-10-26(43-4)19-35-29/h6-12,17-19,23H,5,13-16,20H2,1-4H3,(H,36,37,38). The van der Waals surface area contributed by atoms with Crippen molar-refractivity contribution in [3.8, 4) is 5.75 Å². The predicted octanol–water partition coefficient (Wildman–Crippen LogP) is 7.24. The molecule has 1 saturated heterocycles. The van der Waals surface area contributed by atoms with E-state index in [-0.39, 0.29) is 12.6 Å². The first kappa shape index (κ1) is 28.9. The van der Waals surface area contributed by atoms with Gasteiger partial charge >= 0.3 is 6.03 Å². The minimum atomic E-state index is -0.303. The van der Waals surface area contributed by atoms with Gasteiger partial charge in [-0.2, -0.15) is 4.98 Å². The van der Waals surface area contributed by atoms with E-state index in [1.807, 2.05) is 19.1 Å². The molecule has 10 heteroatoms. The van der Waals surface area contributed by atoms with Crippen LogP contribution in [0, 0.1) is 6.92 Å². The zero-order chi connectivity index (χ0) is 30.1. The SMILES string of the molecule is CCc1cc(C2CCN(C)CC2)ccc1Nc1ncc2c(n1)N(c1ccc(OC)cn1)C(=O)N(c1c(C)cccc1Cl)C2. The van der Waals surface area contributed by atoms with Gasteiger partial charge in [-0.25, -0.2) is 19.7 Å². The Hall–Kier alpha value is -4.21. The smallest absolute Gasteiger partial charge is 0.336 e. The number of rotatable bonds is 7. The second-order valence-electron chi connectivity index (χ2n) is 11.2. The fraction of sp³-hybridized carbons (Fsp3) is 0.333. The summed E-state index contributed by atoms with van der Waals surface area (Å²) < 4.78 is 5.30. The number of piperidine rings is 1. The Kier molecular flexibility index (Phi) is 8.19. The highest BCUT2D eigenvalue weighted by Crippen LogP contribution is 2.39. The Labute approximate surface area is 257 Å². The van der Waals surface area contributed by atoms with Gasteiger partial charge in [-0.05, 0) is 93.2 Å². The summed E-state index contributed by atoms with van der Waals surface area (Å²) in [5.41, 5.74) is 5.88. The number of hydrogen-bond donors (Lipinski definition) is 1. The fourth-order valence-corrected chi connectivity index (χ4v) is 6.25. The van der Waals surface area contributed by atoms with Crippen LogP contribution in [0.25, 0.3) is 0 Å². The molecule has 0 aliphatic carbocycles. The molecule has 4 aromatic rings. The lowest BCUT2D eigenvalue weighted by Crippen LogP contribution is -2.46. The number of nitrogens with zero attached hydrogens (tertiary/aromatic N) is 6. The van der Waals surface area contributed by atoms with Gasteiger partial charge in [0.15, 0.2) is 5.82 Å². The number of ether oxygens (including phenoxy) is 1. The number of nitrogens with one attached hydrogen (secondary N) is 1. The van der Waals surface area contributed by atoms with Crippen LogP contribution in [0.1, 0.15) is 47.9 Å². The zero-order valence-electron chi connectivity index (χ0n) is 25.0. The van der Waals surface area contributed by atoms with Crippen molar-refractivity contribution < 1.29 is 9.53 Å². The molecule has 1 fully saturated rings. The van der Waals surface area contributed by atoms with Crippen LogP contribution < -0.4 is 19.9 Å². The van der Waals surface area contributed by atoms with E-state index < -0.39 is 0 Å². The number of pyridine rings is 1. The first-order valence-electron chi connectivity index (χ1n) is 14.7. The van der Waals surface area contributed by atoms with Crippen molar-refractivity contribution in [2.45, 2.75) is 45.6 Å². The van der Waals surface area contributed by atoms with Crippen molar-refractivity contribution in [2.24, 2.45) is 0 Å². The van der Waals surface area contributed by atoms with Crippen molar-refractivity contribution in [3.05, 3.63) is 88.2 Å². The van der Waals surface area contributed by atoms with Crippen LogP contribution in [0.4, 0.5) is 33.8 Å². The summed E-state index contributed by atoms with van der Waals surface area (Å²) in [5, 5.41) is 3.93. The Bertz CT molecular complexity index is 1620. The van der Waals surface area contributed by atoms with Gasteiger partial charge in [-0.15, -0.1) is 0 Å². The van der Waals surface area contributed by atoms with Crippen LogP contribution in [0.3, 0.4) is 0 Å². The molecule has 43 heavy (non-hydrogen) atoms. The number of likely N-dealkylation sites (tertiary alicyclic amines) is 1. The molecule has 2 aromatic heterocycles. The molecule has 0 spiro atoms. The number of urea groups is 1. The third-order valence-electron chi connectivity index (χ3n) is 8.39. The number of benzene rings is 2. The summed E-state index contributed by atoms with van der Waals surface area (Å²) in [6, 6.07) is 15.5. The minimum absolute atomic E-state index is 0.275. The van der Waals surface area contributed by atoms with Gasteiger partial charge in [0.1, 0.15) is 11.6 Å². The molecule has 0 saturated carbocycles. The van der Waals surface area contributed by atoms with Gasteiger partial charge in [0, 0.05) is 17.4 Å². The summed E-state index contributed by atoms with van der Waals surface area (Å²) in [5.74, 6) is 2.48. The van der Waals surface area contributed by atoms with Gasteiger partial charge in [-0.3, -0.25) is 4.90 Å². The molecule has 0 unspecified atom stereocenters. The van der Waals surface area contributed by atoms with Crippen molar-refractivity contribution >= 4 is 46.6 Å². The molecule has 9 nitrogen and oxygen atoms in total. The summed E-state index contributed by atoms with van der Waals surface area (Å²) in [4.78, 5) is 33.8. The first-order chi connectivity index (χ1) is 20.9. The maximum Gasteiger partial charge on any atom is 0.336 e. The number of carbonyl (C=O) groups excluding carboxylic acids is 1. The van der Waals surface area contributed by atoms with Crippen molar-refractivity contribution in [1.29, 1.82) is 0 Å². The minimum Gasteiger partial charge on any atom is -0.495 e. The average Bonchev–Trinajstić information content (AvgIpc) is 3.02. The molecule has 2 aliphatic rings. The van der Waals surface area contributed by atoms with E-state index in [2.05, 4.69) is 52.4 Å². The van der Waals surface area contributed by atoms with Crippen LogP contribution >= 0.6 is 11.6 Å². The highest BCUT2D eigenvalue weighted by atomic mass is 35.5. The number of para-hydroxylation sites is 1. The van der Waals surface area contributed by atoms with Crippen LogP contribution in [-0.2, 0) is 13.0 Å². The van der Waals surface area contributed by atoms with Crippen LogP contribution in [0.5, 0.6) is 5.75 Å². The van der Waals surface area contributed by atoms with Crippen LogP contribution in [0.2, 0.25) is 5.02 Å². The molecule has 2 aliphatic heterocycles. The Morgan fingerprint density at radius 3 is 2.58 bits per heavy atom. The van der Waals surface area contributed by atoms with Crippen molar-refractivity contribution in [3.63, 3.8) is 0 Å². The Balaban J connectivity index is 1.36.